The van der Waals surface area contributed by atoms with Crippen molar-refractivity contribution in [1.29, 1.82) is 0 Å². The summed E-state index contributed by atoms with van der Waals surface area (Å²) in [6.07, 6.45) is -0.338. The Kier molecular flexibility index (Phi) is 4.17. The van der Waals surface area contributed by atoms with Crippen molar-refractivity contribution in [3.05, 3.63) is 28.5 Å². The number of aliphatic hydroxyl groups excluding tert-OH is 1. The first-order valence-electron chi connectivity index (χ1n) is 7.49. The van der Waals surface area contributed by atoms with E-state index >= 15 is 0 Å². The molecule has 0 saturated carbocycles. The van der Waals surface area contributed by atoms with Gasteiger partial charge < -0.3 is 24.1 Å². The van der Waals surface area contributed by atoms with Crippen molar-refractivity contribution in [3.63, 3.8) is 0 Å². The summed E-state index contributed by atoms with van der Waals surface area (Å²) in [7, 11) is 4.15. The highest BCUT2D eigenvalue weighted by molar-refractivity contribution is 6.35. The van der Waals surface area contributed by atoms with E-state index < -0.39 is 29.2 Å². The number of methoxy groups -OCH3 is 3. The molecule has 0 unspecified atom stereocenters. The van der Waals surface area contributed by atoms with Crippen LogP contribution in [0.15, 0.2) is 17.9 Å². The minimum Gasteiger partial charge on any atom is -0.496 e. The largest absolute Gasteiger partial charge is 0.496 e. The quantitative estimate of drug-likeness (QED) is 0.869. The predicted molar refractivity (Wildman–Crippen MR) is 87.5 cm³/mol. The summed E-state index contributed by atoms with van der Waals surface area (Å²) < 4.78 is 21.7. The van der Waals surface area contributed by atoms with Crippen LogP contribution in [0.3, 0.4) is 0 Å². The Labute approximate surface area is 149 Å². The number of hydrogen-bond acceptors (Lipinski definition) is 7. The molecule has 0 radical (unpaired) electrons. The topological polar surface area (TPSA) is 91.3 Å². The van der Waals surface area contributed by atoms with Gasteiger partial charge in [-0.25, -0.2) is 0 Å². The van der Waals surface area contributed by atoms with E-state index in [0.717, 1.165) is 6.08 Å². The molecule has 134 valence electrons. The number of fused-ring (bicyclic) bond motifs is 1. The highest BCUT2D eigenvalue weighted by Gasteiger charge is 2.62. The average molecular weight is 369 g/mol. The number of halogens is 1. The molecule has 1 aromatic rings. The van der Waals surface area contributed by atoms with Gasteiger partial charge in [0, 0.05) is 18.1 Å². The normalized spacial score (nSPS) is 27.7. The Morgan fingerprint density at radius 3 is 2.36 bits per heavy atom. The van der Waals surface area contributed by atoms with Gasteiger partial charge in [-0.3, -0.25) is 9.59 Å². The molecule has 2 aliphatic rings. The molecular weight excluding hydrogens is 352 g/mol. The summed E-state index contributed by atoms with van der Waals surface area (Å²) in [6, 6.07) is 1.48. The highest BCUT2D eigenvalue weighted by atomic mass is 35.5. The lowest BCUT2D eigenvalue weighted by atomic mass is 9.74. The predicted octanol–water partition coefficient (Wildman–Crippen LogP) is 1.78. The summed E-state index contributed by atoms with van der Waals surface area (Å²) in [5.74, 6) is -1.40. The third-order valence-electron chi connectivity index (χ3n) is 4.68. The number of rotatable bonds is 3. The number of carbonyl (C=O) groups excluding carboxylic acids is 2. The van der Waals surface area contributed by atoms with Crippen LogP contribution in [0, 0.1) is 5.92 Å². The second kappa shape index (κ2) is 5.93. The van der Waals surface area contributed by atoms with Crippen molar-refractivity contribution in [2.45, 2.75) is 18.6 Å². The zero-order valence-electron chi connectivity index (χ0n) is 14.1. The van der Waals surface area contributed by atoms with E-state index in [-0.39, 0.29) is 33.6 Å². The average Bonchev–Trinajstić information content (AvgIpc) is 2.92. The zero-order chi connectivity index (χ0) is 18.5. The fourth-order valence-electron chi connectivity index (χ4n) is 3.29. The van der Waals surface area contributed by atoms with Gasteiger partial charge in [-0.15, -0.1) is 0 Å². The molecule has 0 aromatic heterocycles. The lowest BCUT2D eigenvalue weighted by molar-refractivity contribution is -0.131. The maximum absolute atomic E-state index is 13.3. The minimum atomic E-state index is -1.70. The van der Waals surface area contributed by atoms with E-state index in [1.807, 2.05) is 0 Å². The van der Waals surface area contributed by atoms with Crippen LogP contribution in [-0.4, -0.2) is 49.7 Å². The molecule has 7 nitrogen and oxygen atoms in total. The minimum absolute atomic E-state index is 0.00795. The van der Waals surface area contributed by atoms with Crippen molar-refractivity contribution in [3.8, 4) is 17.2 Å². The third kappa shape index (κ3) is 2.15. The smallest absolute Gasteiger partial charge is 0.233 e. The zero-order valence-corrected chi connectivity index (χ0v) is 14.8. The Morgan fingerprint density at radius 2 is 1.80 bits per heavy atom. The van der Waals surface area contributed by atoms with Crippen LogP contribution in [0.5, 0.6) is 17.2 Å². The second-order valence-electron chi connectivity index (χ2n) is 5.81. The van der Waals surface area contributed by atoms with Gasteiger partial charge in [-0.2, -0.15) is 0 Å². The van der Waals surface area contributed by atoms with Crippen LogP contribution in [0.1, 0.15) is 17.3 Å². The number of ketones is 2. The highest BCUT2D eigenvalue weighted by Crippen LogP contribution is 2.54. The van der Waals surface area contributed by atoms with E-state index in [9.17, 15) is 14.7 Å². The number of aliphatic hydroxyl groups is 1. The Bertz CT molecular complexity index is 801. The van der Waals surface area contributed by atoms with E-state index in [1.165, 1.54) is 34.3 Å². The SMILES string of the molecule is COC1=CC(=O)[C@@H](O)[C@@H](C)[C@]12Oc1c(Cl)c(OC)cc(OC)c1C2=O. The van der Waals surface area contributed by atoms with Gasteiger partial charge in [-0.1, -0.05) is 18.5 Å². The maximum Gasteiger partial charge on any atom is 0.233 e. The lowest BCUT2D eigenvalue weighted by Gasteiger charge is -2.38. The first-order chi connectivity index (χ1) is 11.8. The standard InChI is InChI=1S/C17H17ClO7/c1-7-14(20)8(19)5-11(24-4)17(7)16(21)12-9(22-2)6-10(23-3)13(18)15(12)25-17/h5-7,14,20H,1-4H3/t7-,14+,17+/m1/s1. The molecule has 0 saturated heterocycles. The molecule has 1 aliphatic heterocycles. The summed E-state index contributed by atoms with van der Waals surface area (Å²) in [6.45, 7) is 1.54. The first-order valence-corrected chi connectivity index (χ1v) is 7.87. The molecule has 1 heterocycles. The van der Waals surface area contributed by atoms with Crippen molar-refractivity contribution >= 4 is 23.2 Å². The summed E-state index contributed by atoms with van der Waals surface area (Å²) in [5, 5.41) is 10.3. The van der Waals surface area contributed by atoms with Gasteiger partial charge in [0.05, 0.1) is 21.3 Å². The molecule has 1 aliphatic carbocycles. The van der Waals surface area contributed by atoms with Crippen molar-refractivity contribution < 1.29 is 33.6 Å². The third-order valence-corrected chi connectivity index (χ3v) is 5.04. The Morgan fingerprint density at radius 1 is 1.16 bits per heavy atom. The fraction of sp³-hybridized carbons (Fsp3) is 0.412. The molecule has 1 aromatic carbocycles. The van der Waals surface area contributed by atoms with Crippen LogP contribution < -0.4 is 14.2 Å². The first kappa shape index (κ1) is 17.6. The number of carbonyl (C=O) groups is 2. The Hall–Kier alpha value is -2.25. The summed E-state index contributed by atoms with van der Waals surface area (Å²) in [4.78, 5) is 25.2. The van der Waals surface area contributed by atoms with Crippen molar-refractivity contribution in [1.82, 2.24) is 0 Å². The number of benzene rings is 1. The number of hydrogen-bond donors (Lipinski definition) is 1. The van der Waals surface area contributed by atoms with E-state index in [2.05, 4.69) is 0 Å². The van der Waals surface area contributed by atoms with Gasteiger partial charge in [0.15, 0.2) is 17.3 Å². The number of ether oxygens (including phenoxy) is 4. The van der Waals surface area contributed by atoms with Gasteiger partial charge in [0.1, 0.15) is 28.2 Å². The van der Waals surface area contributed by atoms with Crippen LogP contribution in [0.4, 0.5) is 0 Å². The monoisotopic (exact) mass is 368 g/mol. The van der Waals surface area contributed by atoms with Gasteiger partial charge >= 0.3 is 0 Å². The second-order valence-corrected chi connectivity index (χ2v) is 6.19. The van der Waals surface area contributed by atoms with Gasteiger partial charge in [0.25, 0.3) is 0 Å². The van der Waals surface area contributed by atoms with Gasteiger partial charge in [0.2, 0.25) is 11.4 Å². The Balaban J connectivity index is 2.28. The molecule has 0 fully saturated rings. The molecule has 1 N–H and O–H groups in total. The van der Waals surface area contributed by atoms with Crippen LogP contribution in [-0.2, 0) is 9.53 Å². The molecular formula is C17H17ClO7. The maximum atomic E-state index is 13.3. The fourth-order valence-corrected chi connectivity index (χ4v) is 3.55. The molecule has 3 atom stereocenters. The van der Waals surface area contributed by atoms with Gasteiger partial charge in [-0.05, 0) is 0 Å². The molecule has 25 heavy (non-hydrogen) atoms. The molecule has 8 heteroatoms. The van der Waals surface area contributed by atoms with Crippen LogP contribution in [0.25, 0.3) is 0 Å². The van der Waals surface area contributed by atoms with E-state index in [0.29, 0.717) is 0 Å². The summed E-state index contributed by atoms with van der Waals surface area (Å²) in [5.41, 5.74) is -1.59. The number of Topliss-reactive ketones (excluding diaryl/α,β-unsaturated/α-hetero) is 1. The van der Waals surface area contributed by atoms with Crippen LogP contribution >= 0.6 is 11.6 Å². The van der Waals surface area contributed by atoms with Crippen LogP contribution in [0.2, 0.25) is 5.02 Å². The summed E-state index contributed by atoms with van der Waals surface area (Å²) >= 11 is 6.31. The molecule has 1 spiro atoms. The van der Waals surface area contributed by atoms with Crippen molar-refractivity contribution in [2.24, 2.45) is 5.92 Å². The molecule has 3 rings (SSSR count). The molecule has 0 amide bonds. The lowest BCUT2D eigenvalue weighted by Crippen LogP contribution is -2.57. The van der Waals surface area contributed by atoms with E-state index in [1.54, 1.807) is 0 Å². The van der Waals surface area contributed by atoms with Crippen molar-refractivity contribution in [2.75, 3.05) is 21.3 Å². The van der Waals surface area contributed by atoms with E-state index in [4.69, 9.17) is 30.5 Å². The molecule has 0 bridgehead atoms.